The van der Waals surface area contributed by atoms with Crippen molar-refractivity contribution in [2.24, 2.45) is 0 Å². The van der Waals surface area contributed by atoms with Crippen LogP contribution < -0.4 is 5.32 Å². The number of rotatable bonds is 4. The SMILES string of the molecule is CCn1nc(C)cc1CNC1(C)CCCCC1. The van der Waals surface area contributed by atoms with Crippen LogP contribution in [0.3, 0.4) is 0 Å². The van der Waals surface area contributed by atoms with Gasteiger partial charge in [-0.05, 0) is 39.7 Å². The van der Waals surface area contributed by atoms with E-state index in [1.165, 1.54) is 37.8 Å². The van der Waals surface area contributed by atoms with Gasteiger partial charge in [-0.25, -0.2) is 0 Å². The molecular formula is C14H25N3. The van der Waals surface area contributed by atoms with Crippen LogP contribution in [0.25, 0.3) is 0 Å². The van der Waals surface area contributed by atoms with Gasteiger partial charge in [0.1, 0.15) is 0 Å². The first kappa shape index (κ1) is 12.6. The molecule has 0 atom stereocenters. The Balaban J connectivity index is 1.96. The highest BCUT2D eigenvalue weighted by molar-refractivity contribution is 5.09. The van der Waals surface area contributed by atoms with Crippen molar-refractivity contribution in [2.45, 2.75) is 71.5 Å². The van der Waals surface area contributed by atoms with Crippen LogP contribution in [0.15, 0.2) is 6.07 Å². The predicted molar refractivity (Wildman–Crippen MR) is 71.0 cm³/mol. The second-order valence-corrected chi connectivity index (χ2v) is 5.57. The van der Waals surface area contributed by atoms with Gasteiger partial charge in [0.05, 0.1) is 11.4 Å². The molecule has 3 heteroatoms. The minimum absolute atomic E-state index is 0.342. The maximum atomic E-state index is 4.49. The zero-order valence-corrected chi connectivity index (χ0v) is 11.4. The Morgan fingerprint density at radius 1 is 1.35 bits per heavy atom. The molecule has 0 radical (unpaired) electrons. The topological polar surface area (TPSA) is 29.9 Å². The number of hydrogen-bond acceptors (Lipinski definition) is 2. The highest BCUT2D eigenvalue weighted by Gasteiger charge is 2.26. The number of aromatic nitrogens is 2. The molecule has 3 nitrogen and oxygen atoms in total. The fourth-order valence-electron chi connectivity index (χ4n) is 2.83. The average Bonchev–Trinajstić information content (AvgIpc) is 2.68. The van der Waals surface area contributed by atoms with E-state index in [1.807, 2.05) is 0 Å². The summed E-state index contributed by atoms with van der Waals surface area (Å²) in [5, 5.41) is 8.23. The molecule has 1 N–H and O–H groups in total. The molecular weight excluding hydrogens is 210 g/mol. The third-order valence-corrected chi connectivity index (χ3v) is 3.94. The van der Waals surface area contributed by atoms with E-state index in [4.69, 9.17) is 0 Å². The Bertz CT molecular complexity index is 362. The second-order valence-electron chi connectivity index (χ2n) is 5.57. The lowest BCUT2D eigenvalue weighted by Gasteiger charge is -2.34. The van der Waals surface area contributed by atoms with E-state index in [0.717, 1.165) is 18.8 Å². The highest BCUT2D eigenvalue weighted by atomic mass is 15.3. The summed E-state index contributed by atoms with van der Waals surface area (Å²) in [5.41, 5.74) is 2.78. The normalized spacial score (nSPS) is 19.5. The molecule has 0 aliphatic heterocycles. The molecule has 1 aliphatic carbocycles. The molecule has 96 valence electrons. The minimum atomic E-state index is 0.342. The molecule has 1 fully saturated rings. The summed E-state index contributed by atoms with van der Waals surface area (Å²) in [6, 6.07) is 2.20. The van der Waals surface area contributed by atoms with E-state index in [1.54, 1.807) is 0 Å². The fourth-order valence-corrected chi connectivity index (χ4v) is 2.83. The Morgan fingerprint density at radius 3 is 2.71 bits per heavy atom. The molecule has 1 aliphatic rings. The van der Waals surface area contributed by atoms with E-state index in [0.29, 0.717) is 5.54 Å². The van der Waals surface area contributed by atoms with Gasteiger partial charge < -0.3 is 5.32 Å². The molecule has 1 saturated carbocycles. The summed E-state index contributed by atoms with van der Waals surface area (Å²) in [6.07, 6.45) is 6.77. The van der Waals surface area contributed by atoms with Crippen molar-refractivity contribution in [3.05, 3.63) is 17.5 Å². The van der Waals surface area contributed by atoms with E-state index < -0.39 is 0 Å². The van der Waals surface area contributed by atoms with Gasteiger partial charge in [0.25, 0.3) is 0 Å². The van der Waals surface area contributed by atoms with Gasteiger partial charge in [-0.15, -0.1) is 0 Å². The molecule has 0 spiro atoms. The van der Waals surface area contributed by atoms with Crippen LogP contribution in [0, 0.1) is 6.92 Å². The number of aryl methyl sites for hydroxylation is 2. The van der Waals surface area contributed by atoms with Gasteiger partial charge in [-0.1, -0.05) is 19.3 Å². The molecule has 1 aromatic rings. The van der Waals surface area contributed by atoms with Gasteiger partial charge in [0.2, 0.25) is 0 Å². The summed E-state index contributed by atoms with van der Waals surface area (Å²) in [4.78, 5) is 0. The summed E-state index contributed by atoms with van der Waals surface area (Å²) in [7, 11) is 0. The average molecular weight is 235 g/mol. The summed E-state index contributed by atoms with van der Waals surface area (Å²) in [5.74, 6) is 0. The Morgan fingerprint density at radius 2 is 2.06 bits per heavy atom. The van der Waals surface area contributed by atoms with Gasteiger partial charge in [-0.3, -0.25) is 4.68 Å². The molecule has 0 unspecified atom stereocenters. The van der Waals surface area contributed by atoms with Crippen LogP contribution in [0.5, 0.6) is 0 Å². The molecule has 0 amide bonds. The van der Waals surface area contributed by atoms with Crippen molar-refractivity contribution in [3.8, 4) is 0 Å². The predicted octanol–water partition coefficient (Wildman–Crippen LogP) is 3.02. The lowest BCUT2D eigenvalue weighted by Crippen LogP contribution is -2.43. The van der Waals surface area contributed by atoms with Crippen molar-refractivity contribution in [1.82, 2.24) is 15.1 Å². The van der Waals surface area contributed by atoms with Crippen LogP contribution >= 0.6 is 0 Å². The minimum Gasteiger partial charge on any atom is -0.306 e. The lowest BCUT2D eigenvalue weighted by atomic mass is 9.83. The maximum Gasteiger partial charge on any atom is 0.0597 e. The van der Waals surface area contributed by atoms with Crippen LogP contribution in [-0.4, -0.2) is 15.3 Å². The first-order chi connectivity index (χ1) is 8.13. The Hall–Kier alpha value is -0.830. The van der Waals surface area contributed by atoms with Crippen LogP contribution in [0.4, 0.5) is 0 Å². The molecule has 2 rings (SSSR count). The van der Waals surface area contributed by atoms with Crippen molar-refractivity contribution in [2.75, 3.05) is 0 Å². The zero-order chi connectivity index (χ0) is 12.3. The van der Waals surface area contributed by atoms with E-state index in [2.05, 4.69) is 41.9 Å². The standard InChI is InChI=1S/C14H25N3/c1-4-17-13(10-12(2)16-17)11-15-14(3)8-6-5-7-9-14/h10,15H,4-9,11H2,1-3H3. The monoisotopic (exact) mass is 235 g/mol. The van der Waals surface area contributed by atoms with Crippen LogP contribution in [-0.2, 0) is 13.1 Å². The van der Waals surface area contributed by atoms with E-state index in [9.17, 15) is 0 Å². The van der Waals surface area contributed by atoms with Crippen molar-refractivity contribution >= 4 is 0 Å². The molecule has 0 saturated heterocycles. The summed E-state index contributed by atoms with van der Waals surface area (Å²) >= 11 is 0. The first-order valence-electron chi connectivity index (χ1n) is 6.91. The third kappa shape index (κ3) is 3.09. The Kier molecular flexibility index (Phi) is 3.87. The largest absolute Gasteiger partial charge is 0.306 e. The molecule has 0 aromatic carbocycles. The Labute approximate surface area is 105 Å². The molecule has 0 bridgehead atoms. The van der Waals surface area contributed by atoms with Gasteiger partial charge >= 0.3 is 0 Å². The number of nitrogens with one attached hydrogen (secondary N) is 1. The van der Waals surface area contributed by atoms with Crippen molar-refractivity contribution < 1.29 is 0 Å². The van der Waals surface area contributed by atoms with E-state index in [-0.39, 0.29) is 0 Å². The van der Waals surface area contributed by atoms with Crippen molar-refractivity contribution in [3.63, 3.8) is 0 Å². The van der Waals surface area contributed by atoms with Gasteiger partial charge in [0.15, 0.2) is 0 Å². The second kappa shape index (κ2) is 5.21. The van der Waals surface area contributed by atoms with E-state index >= 15 is 0 Å². The smallest absolute Gasteiger partial charge is 0.0597 e. The first-order valence-corrected chi connectivity index (χ1v) is 6.91. The summed E-state index contributed by atoms with van der Waals surface area (Å²) in [6.45, 7) is 8.49. The molecule has 1 aromatic heterocycles. The molecule has 1 heterocycles. The summed E-state index contributed by atoms with van der Waals surface area (Å²) < 4.78 is 2.11. The lowest BCUT2D eigenvalue weighted by molar-refractivity contribution is 0.250. The highest BCUT2D eigenvalue weighted by Crippen LogP contribution is 2.27. The fraction of sp³-hybridized carbons (Fsp3) is 0.786. The number of hydrogen-bond donors (Lipinski definition) is 1. The van der Waals surface area contributed by atoms with Crippen LogP contribution in [0.1, 0.15) is 57.3 Å². The van der Waals surface area contributed by atoms with Gasteiger partial charge in [0, 0.05) is 18.6 Å². The van der Waals surface area contributed by atoms with Crippen LogP contribution in [0.2, 0.25) is 0 Å². The zero-order valence-electron chi connectivity index (χ0n) is 11.4. The van der Waals surface area contributed by atoms with Crippen molar-refractivity contribution in [1.29, 1.82) is 0 Å². The van der Waals surface area contributed by atoms with Gasteiger partial charge in [-0.2, -0.15) is 5.10 Å². The number of nitrogens with zero attached hydrogens (tertiary/aromatic N) is 2. The third-order valence-electron chi connectivity index (χ3n) is 3.94. The molecule has 17 heavy (non-hydrogen) atoms. The quantitative estimate of drug-likeness (QED) is 0.869. The maximum absolute atomic E-state index is 4.49.